The van der Waals surface area contributed by atoms with Gasteiger partial charge in [0.15, 0.2) is 0 Å². The number of carbonyl (C=O) groups is 1. The second kappa shape index (κ2) is 8.66. The number of benzene rings is 1. The maximum atomic E-state index is 12.3. The van der Waals surface area contributed by atoms with Crippen LogP contribution in [0.2, 0.25) is 0 Å². The third-order valence-corrected chi connectivity index (χ3v) is 6.96. The van der Waals surface area contributed by atoms with E-state index < -0.39 is 0 Å². The Bertz CT molecular complexity index is 1250. The Hall–Kier alpha value is -3.33. The van der Waals surface area contributed by atoms with Gasteiger partial charge in [0, 0.05) is 24.6 Å². The van der Waals surface area contributed by atoms with Gasteiger partial charge in [0.1, 0.15) is 21.9 Å². The fourth-order valence-electron chi connectivity index (χ4n) is 4.13. The number of fused-ring (bicyclic) bond motifs is 1. The summed E-state index contributed by atoms with van der Waals surface area (Å²) in [5, 5.41) is 5.10. The molecule has 164 valence electrons. The number of hydrogen-bond acceptors (Lipinski definition) is 9. The highest BCUT2D eigenvalue weighted by atomic mass is 32.1. The van der Waals surface area contributed by atoms with E-state index in [-0.39, 0.29) is 11.9 Å². The van der Waals surface area contributed by atoms with Crippen LogP contribution in [0.1, 0.15) is 46.8 Å². The van der Waals surface area contributed by atoms with Crippen LogP contribution in [-0.2, 0) is 4.74 Å². The summed E-state index contributed by atoms with van der Waals surface area (Å²) in [4.78, 5) is 29.6. The predicted octanol–water partition coefficient (Wildman–Crippen LogP) is 4.61. The quantitative estimate of drug-likeness (QED) is 0.408. The molecular weight excluding hydrogens is 426 g/mol. The van der Waals surface area contributed by atoms with E-state index in [1.54, 1.807) is 6.33 Å². The van der Waals surface area contributed by atoms with Crippen molar-refractivity contribution in [3.8, 4) is 11.4 Å². The van der Waals surface area contributed by atoms with E-state index in [1.807, 2.05) is 44.2 Å². The van der Waals surface area contributed by atoms with Crippen molar-refractivity contribution in [2.24, 2.45) is 0 Å². The van der Waals surface area contributed by atoms with Gasteiger partial charge in [-0.05, 0) is 32.3 Å². The van der Waals surface area contributed by atoms with Gasteiger partial charge in [0.25, 0.3) is 0 Å². The highest BCUT2D eigenvalue weighted by molar-refractivity contribution is 7.20. The molecule has 5 rings (SSSR count). The van der Waals surface area contributed by atoms with Crippen LogP contribution in [0.25, 0.3) is 21.6 Å². The number of aryl methyl sites for hydroxylation is 1. The van der Waals surface area contributed by atoms with Gasteiger partial charge in [-0.3, -0.25) is 0 Å². The Labute approximate surface area is 189 Å². The summed E-state index contributed by atoms with van der Waals surface area (Å²) in [5.74, 6) is 2.09. The standard InChI is InChI=1S/C23H23N5O3S/c1-3-30-23(29)18-14(2)17-20(24-13-25-22(17)32-18)28-11-9-16(10-12-28)21-26-19(27-31-21)15-7-5-4-6-8-15/h4-8,13,16H,3,9-12H2,1-2H3. The molecule has 1 saturated heterocycles. The van der Waals surface area contributed by atoms with Gasteiger partial charge in [-0.1, -0.05) is 35.5 Å². The number of nitrogens with zero attached hydrogens (tertiary/aromatic N) is 5. The number of ether oxygens (including phenoxy) is 1. The molecule has 0 atom stereocenters. The van der Waals surface area contributed by atoms with Gasteiger partial charge in [-0.25, -0.2) is 14.8 Å². The Morgan fingerprint density at radius 2 is 2.00 bits per heavy atom. The molecule has 1 aliphatic rings. The average Bonchev–Trinajstić information content (AvgIpc) is 3.45. The van der Waals surface area contributed by atoms with Crippen molar-refractivity contribution in [3.05, 3.63) is 53.0 Å². The van der Waals surface area contributed by atoms with Crippen LogP contribution in [0.4, 0.5) is 5.82 Å². The van der Waals surface area contributed by atoms with Crippen LogP contribution < -0.4 is 4.90 Å². The topological polar surface area (TPSA) is 94.2 Å². The number of rotatable bonds is 5. The molecule has 8 nitrogen and oxygen atoms in total. The molecule has 1 aliphatic heterocycles. The van der Waals surface area contributed by atoms with Crippen LogP contribution in [-0.4, -0.2) is 45.8 Å². The van der Waals surface area contributed by atoms with Crippen molar-refractivity contribution in [1.29, 1.82) is 0 Å². The van der Waals surface area contributed by atoms with Gasteiger partial charge in [-0.15, -0.1) is 11.3 Å². The molecule has 0 radical (unpaired) electrons. The van der Waals surface area contributed by atoms with Gasteiger partial charge >= 0.3 is 5.97 Å². The lowest BCUT2D eigenvalue weighted by Gasteiger charge is -2.31. The summed E-state index contributed by atoms with van der Waals surface area (Å²) < 4.78 is 10.8. The van der Waals surface area contributed by atoms with Crippen LogP contribution in [0.15, 0.2) is 41.2 Å². The van der Waals surface area contributed by atoms with Gasteiger partial charge in [-0.2, -0.15) is 4.98 Å². The summed E-state index contributed by atoms with van der Waals surface area (Å²) in [7, 11) is 0. The zero-order valence-electron chi connectivity index (χ0n) is 17.9. The van der Waals surface area contributed by atoms with Gasteiger partial charge in [0.05, 0.1) is 12.0 Å². The van der Waals surface area contributed by atoms with Gasteiger partial charge in [0.2, 0.25) is 11.7 Å². The monoisotopic (exact) mass is 449 g/mol. The van der Waals surface area contributed by atoms with Crippen LogP contribution in [0, 0.1) is 6.92 Å². The Morgan fingerprint density at radius 3 is 2.75 bits per heavy atom. The molecule has 0 aliphatic carbocycles. The number of aromatic nitrogens is 4. The molecule has 1 aromatic carbocycles. The zero-order chi connectivity index (χ0) is 22.1. The third kappa shape index (κ3) is 3.73. The fraction of sp³-hybridized carbons (Fsp3) is 0.348. The number of anilines is 1. The van der Waals surface area contributed by atoms with E-state index in [2.05, 4.69) is 25.0 Å². The maximum absolute atomic E-state index is 12.3. The van der Waals surface area contributed by atoms with E-state index in [0.717, 1.165) is 53.1 Å². The van der Waals surface area contributed by atoms with Crippen molar-refractivity contribution in [3.63, 3.8) is 0 Å². The fourth-order valence-corrected chi connectivity index (χ4v) is 5.16. The highest BCUT2D eigenvalue weighted by Gasteiger charge is 2.28. The van der Waals surface area contributed by atoms with Gasteiger partial charge < -0.3 is 14.2 Å². The molecule has 1 fully saturated rings. The maximum Gasteiger partial charge on any atom is 0.348 e. The first-order chi connectivity index (χ1) is 15.7. The first-order valence-electron chi connectivity index (χ1n) is 10.7. The van der Waals surface area contributed by atoms with Crippen LogP contribution in [0.5, 0.6) is 0 Å². The van der Waals surface area contributed by atoms with E-state index in [1.165, 1.54) is 11.3 Å². The summed E-state index contributed by atoms with van der Waals surface area (Å²) in [6.07, 6.45) is 3.34. The summed E-state index contributed by atoms with van der Waals surface area (Å²) >= 11 is 1.36. The summed E-state index contributed by atoms with van der Waals surface area (Å²) in [6.45, 7) is 5.71. The van der Waals surface area contributed by atoms with Crippen LogP contribution in [0.3, 0.4) is 0 Å². The first-order valence-corrected chi connectivity index (χ1v) is 11.5. The molecule has 0 amide bonds. The Balaban J connectivity index is 1.34. The molecule has 0 unspecified atom stereocenters. The lowest BCUT2D eigenvalue weighted by atomic mass is 9.96. The van der Waals surface area contributed by atoms with Crippen LogP contribution >= 0.6 is 11.3 Å². The molecule has 9 heteroatoms. The second-order valence-electron chi connectivity index (χ2n) is 7.74. The van der Waals surface area contributed by atoms with Crippen molar-refractivity contribution >= 4 is 33.3 Å². The normalized spacial score (nSPS) is 14.8. The molecule has 4 heterocycles. The average molecular weight is 450 g/mol. The number of thiophene rings is 1. The highest BCUT2D eigenvalue weighted by Crippen LogP contribution is 2.37. The van der Waals surface area contributed by atoms with Crippen molar-refractivity contribution in [1.82, 2.24) is 20.1 Å². The molecule has 3 aromatic heterocycles. The number of piperidine rings is 1. The zero-order valence-corrected chi connectivity index (χ0v) is 18.8. The van der Waals surface area contributed by atoms with Crippen molar-refractivity contribution < 1.29 is 14.1 Å². The predicted molar refractivity (Wildman–Crippen MR) is 122 cm³/mol. The lowest BCUT2D eigenvalue weighted by molar-refractivity contribution is 0.0531. The Morgan fingerprint density at radius 1 is 1.22 bits per heavy atom. The largest absolute Gasteiger partial charge is 0.462 e. The third-order valence-electron chi connectivity index (χ3n) is 5.79. The van der Waals surface area contributed by atoms with E-state index in [9.17, 15) is 4.79 Å². The first kappa shape index (κ1) is 20.6. The molecule has 0 spiro atoms. The lowest BCUT2D eigenvalue weighted by Crippen LogP contribution is -2.33. The van der Waals surface area contributed by atoms with Crippen molar-refractivity contribution in [2.45, 2.75) is 32.6 Å². The second-order valence-corrected chi connectivity index (χ2v) is 8.74. The van der Waals surface area contributed by atoms with E-state index >= 15 is 0 Å². The minimum absolute atomic E-state index is 0.215. The number of carbonyl (C=O) groups excluding carboxylic acids is 1. The minimum atomic E-state index is -0.303. The minimum Gasteiger partial charge on any atom is -0.462 e. The molecule has 4 aromatic rings. The molecule has 32 heavy (non-hydrogen) atoms. The van der Waals surface area contributed by atoms with E-state index in [4.69, 9.17) is 9.26 Å². The molecule has 0 saturated carbocycles. The van der Waals surface area contributed by atoms with Crippen molar-refractivity contribution in [2.75, 3.05) is 24.6 Å². The number of hydrogen-bond donors (Lipinski definition) is 0. The van der Waals surface area contributed by atoms with E-state index in [0.29, 0.717) is 23.2 Å². The smallest absolute Gasteiger partial charge is 0.348 e. The summed E-state index contributed by atoms with van der Waals surface area (Å²) in [5.41, 5.74) is 1.83. The SMILES string of the molecule is CCOC(=O)c1sc2ncnc(N3CCC(c4nc(-c5ccccc5)no4)CC3)c2c1C. The molecule has 0 bridgehead atoms. The molecular formula is C23H23N5O3S. The number of esters is 1. The molecule has 0 N–H and O–H groups in total. The Kier molecular flexibility index (Phi) is 5.57. The summed E-state index contributed by atoms with van der Waals surface area (Å²) in [6, 6.07) is 9.85.